The second kappa shape index (κ2) is 5.51. The molecule has 0 heterocycles. The summed E-state index contributed by atoms with van der Waals surface area (Å²) < 4.78 is 19.1. The van der Waals surface area contributed by atoms with Crippen molar-refractivity contribution in [1.82, 2.24) is 0 Å². The van der Waals surface area contributed by atoms with Crippen LogP contribution in [0.3, 0.4) is 0 Å². The molecular formula is C15H13FN2O. The van der Waals surface area contributed by atoms with Gasteiger partial charge < -0.3 is 10.5 Å². The van der Waals surface area contributed by atoms with Gasteiger partial charge in [-0.25, -0.2) is 4.39 Å². The van der Waals surface area contributed by atoms with Crippen LogP contribution in [0.2, 0.25) is 0 Å². The van der Waals surface area contributed by atoms with E-state index in [0.717, 1.165) is 5.56 Å². The molecule has 0 aromatic heterocycles. The molecule has 0 spiro atoms. The molecule has 96 valence electrons. The smallest absolute Gasteiger partial charge is 0.148 e. The van der Waals surface area contributed by atoms with E-state index in [0.29, 0.717) is 5.75 Å². The lowest BCUT2D eigenvalue weighted by Crippen LogP contribution is -2.06. The van der Waals surface area contributed by atoms with Crippen LogP contribution in [-0.4, -0.2) is 0 Å². The number of halogens is 1. The molecule has 0 saturated carbocycles. The third-order valence-corrected chi connectivity index (χ3v) is 2.72. The van der Waals surface area contributed by atoms with Gasteiger partial charge in [0.2, 0.25) is 0 Å². The van der Waals surface area contributed by atoms with E-state index in [-0.39, 0.29) is 17.4 Å². The van der Waals surface area contributed by atoms with E-state index in [1.165, 1.54) is 12.1 Å². The lowest BCUT2D eigenvalue weighted by atomic mass is 10.1. The first kappa shape index (κ1) is 13.1. The molecule has 4 heteroatoms. The molecule has 0 aliphatic carbocycles. The molecule has 0 bridgehead atoms. The van der Waals surface area contributed by atoms with Crippen LogP contribution >= 0.6 is 0 Å². The maximum atomic E-state index is 13.5. The second-order valence-corrected chi connectivity index (χ2v) is 4.15. The van der Waals surface area contributed by atoms with Crippen molar-refractivity contribution in [3.8, 4) is 17.6 Å². The van der Waals surface area contributed by atoms with Crippen molar-refractivity contribution in [3.05, 3.63) is 59.4 Å². The molecule has 0 aliphatic heterocycles. The van der Waals surface area contributed by atoms with Gasteiger partial charge in [0.1, 0.15) is 28.9 Å². The van der Waals surface area contributed by atoms with Crippen LogP contribution in [0.15, 0.2) is 42.5 Å². The summed E-state index contributed by atoms with van der Waals surface area (Å²) in [6, 6.07) is 13.1. The zero-order chi connectivity index (χ0) is 13.8. The minimum atomic E-state index is -0.599. The quantitative estimate of drug-likeness (QED) is 0.914. The van der Waals surface area contributed by atoms with Crippen LogP contribution < -0.4 is 10.5 Å². The monoisotopic (exact) mass is 256 g/mol. The number of hydrogen-bond donors (Lipinski definition) is 1. The van der Waals surface area contributed by atoms with Gasteiger partial charge in [-0.1, -0.05) is 24.3 Å². The summed E-state index contributed by atoms with van der Waals surface area (Å²) in [7, 11) is 0. The molecule has 0 saturated heterocycles. The fourth-order valence-electron chi connectivity index (χ4n) is 1.77. The first-order chi connectivity index (χ1) is 9.13. The number of rotatable bonds is 3. The van der Waals surface area contributed by atoms with Crippen molar-refractivity contribution in [1.29, 1.82) is 5.26 Å². The minimum absolute atomic E-state index is 0.109. The zero-order valence-electron chi connectivity index (χ0n) is 10.4. The number of para-hydroxylation sites is 1. The fourth-order valence-corrected chi connectivity index (χ4v) is 1.77. The summed E-state index contributed by atoms with van der Waals surface area (Å²) in [5.74, 6) is 0.119. The molecule has 3 nitrogen and oxygen atoms in total. The van der Waals surface area contributed by atoms with Crippen LogP contribution in [-0.2, 0) is 0 Å². The Morgan fingerprint density at radius 1 is 1.16 bits per heavy atom. The maximum absolute atomic E-state index is 13.5. The van der Waals surface area contributed by atoms with Gasteiger partial charge in [0.15, 0.2) is 0 Å². The van der Waals surface area contributed by atoms with Crippen molar-refractivity contribution in [3.63, 3.8) is 0 Å². The molecule has 2 N–H and O–H groups in total. The van der Waals surface area contributed by atoms with E-state index >= 15 is 0 Å². The van der Waals surface area contributed by atoms with Crippen molar-refractivity contribution < 1.29 is 9.13 Å². The summed E-state index contributed by atoms with van der Waals surface area (Å²) in [6.45, 7) is 1.83. The molecule has 2 aromatic carbocycles. The van der Waals surface area contributed by atoms with Crippen LogP contribution in [0.5, 0.6) is 11.5 Å². The molecule has 0 aliphatic rings. The summed E-state index contributed by atoms with van der Waals surface area (Å²) >= 11 is 0. The average Bonchev–Trinajstić information content (AvgIpc) is 2.39. The number of hydrogen-bond acceptors (Lipinski definition) is 3. The summed E-state index contributed by atoms with van der Waals surface area (Å²) in [5, 5.41) is 8.96. The van der Waals surface area contributed by atoms with Gasteiger partial charge in [0.25, 0.3) is 0 Å². The van der Waals surface area contributed by atoms with Crippen molar-refractivity contribution >= 4 is 0 Å². The molecule has 2 aromatic rings. The number of nitrogens with two attached hydrogens (primary N) is 1. The summed E-state index contributed by atoms with van der Waals surface area (Å²) in [4.78, 5) is 0. The van der Waals surface area contributed by atoms with Gasteiger partial charge in [0, 0.05) is 11.6 Å². The van der Waals surface area contributed by atoms with E-state index in [1.54, 1.807) is 24.3 Å². The van der Waals surface area contributed by atoms with Crippen molar-refractivity contribution in [2.75, 3.05) is 0 Å². The van der Waals surface area contributed by atoms with Gasteiger partial charge in [-0.15, -0.1) is 0 Å². The zero-order valence-corrected chi connectivity index (χ0v) is 10.4. The Balaban J connectivity index is 2.43. The molecule has 0 amide bonds. The Bertz CT molecular complexity index is 632. The number of nitrogens with zero attached hydrogens (tertiary/aromatic N) is 1. The Labute approximate surface area is 111 Å². The Hall–Kier alpha value is -2.38. The lowest BCUT2D eigenvalue weighted by Gasteiger charge is -2.14. The molecule has 1 atom stereocenters. The highest BCUT2D eigenvalue weighted by molar-refractivity contribution is 5.47. The van der Waals surface area contributed by atoms with Gasteiger partial charge >= 0.3 is 0 Å². The van der Waals surface area contributed by atoms with E-state index in [1.807, 2.05) is 19.1 Å². The highest BCUT2D eigenvalue weighted by Gasteiger charge is 2.13. The third kappa shape index (κ3) is 2.72. The molecule has 19 heavy (non-hydrogen) atoms. The first-order valence-corrected chi connectivity index (χ1v) is 5.84. The Morgan fingerprint density at radius 2 is 1.84 bits per heavy atom. The van der Waals surface area contributed by atoms with E-state index < -0.39 is 5.82 Å². The third-order valence-electron chi connectivity index (χ3n) is 2.72. The van der Waals surface area contributed by atoms with Gasteiger partial charge in [-0.2, -0.15) is 5.26 Å². The molecule has 0 unspecified atom stereocenters. The highest BCUT2D eigenvalue weighted by atomic mass is 19.1. The SMILES string of the molecule is C[C@@H](N)c1ccccc1Oc1cccc(F)c1C#N. The first-order valence-electron chi connectivity index (χ1n) is 5.84. The molecular weight excluding hydrogens is 243 g/mol. The van der Waals surface area contributed by atoms with E-state index in [9.17, 15) is 4.39 Å². The number of ether oxygens (including phenoxy) is 1. The molecule has 2 rings (SSSR count). The van der Waals surface area contributed by atoms with Crippen LogP contribution in [0.25, 0.3) is 0 Å². The van der Waals surface area contributed by atoms with Crippen molar-refractivity contribution in [2.24, 2.45) is 5.73 Å². The molecule has 0 radical (unpaired) electrons. The van der Waals surface area contributed by atoms with Crippen LogP contribution in [0.4, 0.5) is 4.39 Å². The lowest BCUT2D eigenvalue weighted by molar-refractivity contribution is 0.465. The Kier molecular flexibility index (Phi) is 3.79. The van der Waals surface area contributed by atoms with Gasteiger partial charge in [-0.05, 0) is 25.1 Å². The van der Waals surface area contributed by atoms with Gasteiger partial charge in [0.05, 0.1) is 0 Å². The van der Waals surface area contributed by atoms with E-state index in [2.05, 4.69) is 0 Å². The largest absolute Gasteiger partial charge is 0.456 e. The average molecular weight is 256 g/mol. The number of benzene rings is 2. The predicted molar refractivity (Wildman–Crippen MR) is 70.2 cm³/mol. The van der Waals surface area contributed by atoms with Crippen LogP contribution in [0.1, 0.15) is 24.1 Å². The maximum Gasteiger partial charge on any atom is 0.148 e. The second-order valence-electron chi connectivity index (χ2n) is 4.15. The summed E-state index contributed by atoms with van der Waals surface area (Å²) in [5.41, 5.74) is 6.54. The highest BCUT2D eigenvalue weighted by Crippen LogP contribution is 2.31. The van der Waals surface area contributed by atoms with Crippen LogP contribution in [0, 0.1) is 17.1 Å². The standard InChI is InChI=1S/C15H13FN2O/c1-10(18)11-5-2-3-7-14(11)19-15-8-4-6-13(16)12(15)9-17/h2-8,10H,18H2,1H3/t10-/m1/s1. The fraction of sp³-hybridized carbons (Fsp3) is 0.133. The topological polar surface area (TPSA) is 59.0 Å². The normalized spacial score (nSPS) is 11.7. The van der Waals surface area contributed by atoms with E-state index in [4.69, 9.17) is 15.7 Å². The number of nitriles is 1. The molecule has 0 fully saturated rings. The van der Waals surface area contributed by atoms with Gasteiger partial charge in [-0.3, -0.25) is 0 Å². The minimum Gasteiger partial charge on any atom is -0.456 e. The predicted octanol–water partition coefficient (Wildman–Crippen LogP) is 3.51. The Morgan fingerprint density at radius 3 is 2.53 bits per heavy atom. The summed E-state index contributed by atoms with van der Waals surface area (Å²) in [6.07, 6.45) is 0. The van der Waals surface area contributed by atoms with Crippen molar-refractivity contribution in [2.45, 2.75) is 13.0 Å².